The average molecular weight is 571 g/mol. The van der Waals surface area contributed by atoms with E-state index in [1.807, 2.05) is 60.7 Å². The quantitative estimate of drug-likeness (QED) is 0.303. The van der Waals surface area contributed by atoms with E-state index in [9.17, 15) is 14.4 Å². The number of hydrogen-bond acceptors (Lipinski definition) is 6. The summed E-state index contributed by atoms with van der Waals surface area (Å²) < 4.78 is 5.63. The molecule has 1 atom stereocenters. The van der Waals surface area contributed by atoms with Crippen LogP contribution in [0.5, 0.6) is 5.75 Å². The second-order valence-corrected chi connectivity index (χ2v) is 11.0. The van der Waals surface area contributed by atoms with Gasteiger partial charge in [0.25, 0.3) is 0 Å². The number of carboxylic acids is 1. The first kappa shape index (κ1) is 29.0. The minimum absolute atomic E-state index is 0.0772. The molecule has 3 N–H and O–H groups in total. The monoisotopic (exact) mass is 570 g/mol. The molecular formula is C33H38N4O5. The number of nitrogens with zero attached hydrogens (tertiary/aromatic N) is 2. The molecule has 0 spiro atoms. The van der Waals surface area contributed by atoms with Crippen molar-refractivity contribution in [2.45, 2.75) is 45.1 Å². The topological polar surface area (TPSA) is 111 Å². The standard InChI is InChI=1S/C33H38N4O5/c1-22-7-3-5-9-26(22)34-21-35-27-12-11-24(17-30(27)42-2)18-31(38)37-28-10-6-4-8-25(28)20-29(37)33(41)36-15-13-23(14-16-36)19-32(39)40/h3-12,17,23,29,34-35H,13-16,18-21H2,1-2H3,(H,39,40). The first-order valence-electron chi connectivity index (χ1n) is 14.4. The molecule has 0 aromatic heterocycles. The van der Waals surface area contributed by atoms with E-state index in [0.29, 0.717) is 44.8 Å². The number of para-hydroxylation sites is 2. The smallest absolute Gasteiger partial charge is 0.303 e. The molecule has 1 fully saturated rings. The van der Waals surface area contributed by atoms with Crippen LogP contribution in [-0.4, -0.2) is 60.7 Å². The van der Waals surface area contributed by atoms with Crippen LogP contribution in [0, 0.1) is 12.8 Å². The van der Waals surface area contributed by atoms with Crippen LogP contribution in [0.3, 0.4) is 0 Å². The Morgan fingerprint density at radius 1 is 0.952 bits per heavy atom. The third-order valence-electron chi connectivity index (χ3n) is 8.24. The van der Waals surface area contributed by atoms with Crippen LogP contribution in [0.4, 0.5) is 17.1 Å². The van der Waals surface area contributed by atoms with Gasteiger partial charge in [-0.3, -0.25) is 19.3 Å². The highest BCUT2D eigenvalue weighted by Gasteiger charge is 2.40. The van der Waals surface area contributed by atoms with E-state index in [-0.39, 0.29) is 30.6 Å². The Hall–Kier alpha value is -4.53. The molecule has 5 rings (SSSR count). The summed E-state index contributed by atoms with van der Waals surface area (Å²) in [5.74, 6) is -0.321. The highest BCUT2D eigenvalue weighted by Crippen LogP contribution is 2.35. The zero-order valence-electron chi connectivity index (χ0n) is 24.1. The van der Waals surface area contributed by atoms with Crippen LogP contribution in [0.2, 0.25) is 0 Å². The molecule has 220 valence electrons. The number of amides is 2. The summed E-state index contributed by atoms with van der Waals surface area (Å²) in [6.45, 7) is 3.57. The number of fused-ring (bicyclic) bond motifs is 1. The van der Waals surface area contributed by atoms with Crippen molar-refractivity contribution in [3.8, 4) is 5.75 Å². The number of benzene rings is 3. The van der Waals surface area contributed by atoms with E-state index in [2.05, 4.69) is 23.6 Å². The Labute approximate surface area is 246 Å². The number of carbonyl (C=O) groups is 3. The highest BCUT2D eigenvalue weighted by molar-refractivity contribution is 6.04. The number of carboxylic acid groups (broad SMARTS) is 1. The second kappa shape index (κ2) is 13.0. The molecule has 9 nitrogen and oxygen atoms in total. The maximum absolute atomic E-state index is 13.8. The van der Waals surface area contributed by atoms with E-state index in [1.165, 1.54) is 0 Å². The van der Waals surface area contributed by atoms with E-state index in [0.717, 1.165) is 33.8 Å². The number of methoxy groups -OCH3 is 1. The second-order valence-electron chi connectivity index (χ2n) is 11.0. The third kappa shape index (κ3) is 6.51. The zero-order chi connectivity index (χ0) is 29.6. The van der Waals surface area contributed by atoms with Gasteiger partial charge in [0.2, 0.25) is 11.8 Å². The first-order valence-corrected chi connectivity index (χ1v) is 14.4. The van der Waals surface area contributed by atoms with Crippen molar-refractivity contribution in [2.75, 3.05) is 42.4 Å². The van der Waals surface area contributed by atoms with Gasteiger partial charge in [0.05, 0.1) is 25.9 Å². The number of carbonyl (C=O) groups excluding carboxylic acids is 2. The van der Waals surface area contributed by atoms with Crippen LogP contribution in [0.15, 0.2) is 66.7 Å². The number of ether oxygens (including phenoxy) is 1. The van der Waals surface area contributed by atoms with Crippen molar-refractivity contribution in [3.63, 3.8) is 0 Å². The lowest BCUT2D eigenvalue weighted by atomic mass is 9.93. The van der Waals surface area contributed by atoms with Crippen LogP contribution in [0.1, 0.15) is 36.0 Å². The third-order valence-corrected chi connectivity index (χ3v) is 8.24. The Morgan fingerprint density at radius 2 is 1.67 bits per heavy atom. The van der Waals surface area contributed by atoms with Gasteiger partial charge in [-0.1, -0.05) is 42.5 Å². The van der Waals surface area contributed by atoms with Gasteiger partial charge in [0, 0.05) is 37.3 Å². The number of anilines is 3. The van der Waals surface area contributed by atoms with Crippen LogP contribution >= 0.6 is 0 Å². The van der Waals surface area contributed by atoms with Crippen molar-refractivity contribution in [1.82, 2.24) is 4.90 Å². The Morgan fingerprint density at radius 3 is 2.40 bits per heavy atom. The predicted molar refractivity (Wildman–Crippen MR) is 163 cm³/mol. The molecule has 2 aliphatic rings. The zero-order valence-corrected chi connectivity index (χ0v) is 24.1. The summed E-state index contributed by atoms with van der Waals surface area (Å²) in [6, 6.07) is 20.8. The van der Waals surface area contributed by atoms with Gasteiger partial charge in [-0.05, 0) is 66.6 Å². The van der Waals surface area contributed by atoms with E-state index < -0.39 is 12.0 Å². The molecule has 1 unspecified atom stereocenters. The van der Waals surface area contributed by atoms with Crippen LogP contribution in [0.25, 0.3) is 0 Å². The highest BCUT2D eigenvalue weighted by atomic mass is 16.5. The lowest BCUT2D eigenvalue weighted by molar-refractivity contribution is -0.139. The molecule has 42 heavy (non-hydrogen) atoms. The van der Waals surface area contributed by atoms with Gasteiger partial charge in [-0.15, -0.1) is 0 Å². The minimum Gasteiger partial charge on any atom is -0.495 e. The van der Waals surface area contributed by atoms with E-state index in [4.69, 9.17) is 9.84 Å². The van der Waals surface area contributed by atoms with Crippen LogP contribution < -0.4 is 20.3 Å². The van der Waals surface area contributed by atoms with Gasteiger partial charge < -0.3 is 25.4 Å². The molecule has 9 heteroatoms. The van der Waals surface area contributed by atoms with Gasteiger partial charge in [-0.25, -0.2) is 0 Å². The van der Waals surface area contributed by atoms with Crippen molar-refractivity contribution >= 4 is 34.8 Å². The summed E-state index contributed by atoms with van der Waals surface area (Å²) in [5.41, 5.74) is 5.55. The summed E-state index contributed by atoms with van der Waals surface area (Å²) in [5, 5.41) is 15.8. The Kier molecular flexibility index (Phi) is 8.95. The number of rotatable bonds is 10. The fourth-order valence-corrected chi connectivity index (χ4v) is 5.96. The number of likely N-dealkylation sites (tertiary alicyclic amines) is 1. The number of aliphatic carboxylic acids is 1. The molecule has 3 aromatic rings. The minimum atomic E-state index is -0.804. The largest absolute Gasteiger partial charge is 0.495 e. The number of hydrogen-bond donors (Lipinski definition) is 3. The normalized spacial score (nSPS) is 16.6. The van der Waals surface area contributed by atoms with E-state index >= 15 is 0 Å². The lowest BCUT2D eigenvalue weighted by Crippen LogP contribution is -2.52. The van der Waals surface area contributed by atoms with Crippen molar-refractivity contribution < 1.29 is 24.2 Å². The Bertz CT molecular complexity index is 1450. The predicted octanol–water partition coefficient (Wildman–Crippen LogP) is 4.70. The van der Waals surface area contributed by atoms with Crippen LogP contribution in [-0.2, 0) is 27.2 Å². The first-order chi connectivity index (χ1) is 20.3. The maximum Gasteiger partial charge on any atom is 0.303 e. The molecule has 0 bridgehead atoms. The number of aryl methyl sites for hydroxylation is 1. The van der Waals surface area contributed by atoms with Gasteiger partial charge in [0.15, 0.2) is 0 Å². The molecular weight excluding hydrogens is 532 g/mol. The van der Waals surface area contributed by atoms with Gasteiger partial charge in [0.1, 0.15) is 11.8 Å². The molecule has 0 radical (unpaired) electrons. The van der Waals surface area contributed by atoms with E-state index in [1.54, 1.807) is 16.9 Å². The molecule has 0 saturated carbocycles. The number of piperidine rings is 1. The fourth-order valence-electron chi connectivity index (χ4n) is 5.96. The van der Waals surface area contributed by atoms with Crippen molar-refractivity contribution in [2.24, 2.45) is 5.92 Å². The summed E-state index contributed by atoms with van der Waals surface area (Å²) in [4.78, 5) is 42.1. The summed E-state index contributed by atoms with van der Waals surface area (Å²) >= 11 is 0. The van der Waals surface area contributed by atoms with Gasteiger partial charge in [-0.2, -0.15) is 0 Å². The van der Waals surface area contributed by atoms with Crippen molar-refractivity contribution in [1.29, 1.82) is 0 Å². The lowest BCUT2D eigenvalue weighted by Gasteiger charge is -2.35. The molecule has 1 saturated heterocycles. The molecule has 0 aliphatic carbocycles. The summed E-state index contributed by atoms with van der Waals surface area (Å²) in [7, 11) is 1.60. The van der Waals surface area contributed by atoms with Crippen molar-refractivity contribution in [3.05, 3.63) is 83.4 Å². The average Bonchev–Trinajstić information content (AvgIpc) is 3.38. The molecule has 2 amide bonds. The van der Waals surface area contributed by atoms with Gasteiger partial charge >= 0.3 is 5.97 Å². The summed E-state index contributed by atoms with van der Waals surface area (Å²) in [6.07, 6.45) is 2.04. The molecule has 2 heterocycles. The maximum atomic E-state index is 13.8. The molecule has 3 aromatic carbocycles. The number of nitrogens with one attached hydrogen (secondary N) is 2. The Balaban J connectivity index is 1.27. The fraction of sp³-hybridized carbons (Fsp3) is 0.364. The SMILES string of the molecule is COc1cc(CC(=O)N2c3ccccc3CC2C(=O)N2CCC(CC(=O)O)CC2)ccc1NCNc1ccccc1C. The molecule has 2 aliphatic heterocycles.